The van der Waals surface area contributed by atoms with E-state index in [9.17, 15) is 4.79 Å². The SMILES string of the molecule is CN1CCC(Sc2cc(C(=O)Nc3cc4cc(-c5cnco5)ccc4cn3)ccn2)CC1. The zero-order valence-electron chi connectivity index (χ0n) is 17.7. The van der Waals surface area contributed by atoms with E-state index in [1.807, 2.05) is 30.3 Å². The largest absolute Gasteiger partial charge is 0.444 e. The van der Waals surface area contributed by atoms with Gasteiger partial charge in [0.25, 0.3) is 5.91 Å². The van der Waals surface area contributed by atoms with Crippen molar-refractivity contribution >= 4 is 34.3 Å². The summed E-state index contributed by atoms with van der Waals surface area (Å²) in [5.74, 6) is 0.996. The van der Waals surface area contributed by atoms with Crippen LogP contribution in [-0.2, 0) is 0 Å². The topological polar surface area (TPSA) is 84.2 Å². The van der Waals surface area contributed by atoms with Gasteiger partial charge in [0.15, 0.2) is 12.2 Å². The smallest absolute Gasteiger partial charge is 0.256 e. The maximum Gasteiger partial charge on any atom is 0.256 e. The second-order valence-electron chi connectivity index (χ2n) is 7.95. The number of anilines is 1. The number of oxazole rings is 1. The average molecular weight is 446 g/mol. The monoisotopic (exact) mass is 445 g/mol. The molecule has 1 aromatic carbocycles. The summed E-state index contributed by atoms with van der Waals surface area (Å²) in [4.78, 5) is 28.0. The van der Waals surface area contributed by atoms with E-state index in [0.29, 0.717) is 22.4 Å². The van der Waals surface area contributed by atoms with E-state index in [2.05, 4.69) is 32.2 Å². The molecule has 0 bridgehead atoms. The van der Waals surface area contributed by atoms with Crippen molar-refractivity contribution in [1.82, 2.24) is 19.9 Å². The van der Waals surface area contributed by atoms with Crippen LogP contribution in [0, 0.1) is 0 Å². The summed E-state index contributed by atoms with van der Waals surface area (Å²) in [6.07, 6.45) is 8.81. The van der Waals surface area contributed by atoms with Gasteiger partial charge in [0.2, 0.25) is 0 Å². The first-order valence-corrected chi connectivity index (χ1v) is 11.4. The first-order chi connectivity index (χ1) is 15.6. The van der Waals surface area contributed by atoms with Crippen molar-refractivity contribution in [1.29, 1.82) is 0 Å². The van der Waals surface area contributed by atoms with Crippen LogP contribution >= 0.6 is 11.8 Å². The summed E-state index contributed by atoms with van der Waals surface area (Å²) in [6.45, 7) is 2.20. The van der Waals surface area contributed by atoms with Gasteiger partial charge in [-0.3, -0.25) is 4.79 Å². The van der Waals surface area contributed by atoms with Crippen LogP contribution in [0.1, 0.15) is 23.2 Å². The molecule has 0 unspecified atom stereocenters. The summed E-state index contributed by atoms with van der Waals surface area (Å²) in [6, 6.07) is 11.4. The molecule has 1 aliphatic rings. The van der Waals surface area contributed by atoms with Crippen LogP contribution in [0.4, 0.5) is 5.82 Å². The van der Waals surface area contributed by atoms with Crippen molar-refractivity contribution in [2.24, 2.45) is 0 Å². The minimum Gasteiger partial charge on any atom is -0.444 e. The highest BCUT2D eigenvalue weighted by Crippen LogP contribution is 2.29. The number of fused-ring (bicyclic) bond motifs is 1. The quantitative estimate of drug-likeness (QED) is 0.476. The number of thioether (sulfide) groups is 1. The fourth-order valence-corrected chi connectivity index (χ4v) is 4.90. The van der Waals surface area contributed by atoms with Crippen LogP contribution in [0.15, 0.2) is 70.8 Å². The molecule has 5 rings (SSSR count). The van der Waals surface area contributed by atoms with Crippen molar-refractivity contribution in [3.05, 3.63) is 66.9 Å². The number of carbonyl (C=O) groups is 1. The van der Waals surface area contributed by atoms with Gasteiger partial charge in [-0.05, 0) is 62.6 Å². The summed E-state index contributed by atoms with van der Waals surface area (Å²) in [5.41, 5.74) is 1.50. The first-order valence-electron chi connectivity index (χ1n) is 10.6. The third-order valence-corrected chi connectivity index (χ3v) is 6.90. The molecular formula is C24H23N5O2S. The first kappa shape index (κ1) is 20.7. The molecule has 4 aromatic rings. The number of aromatic nitrogens is 3. The van der Waals surface area contributed by atoms with Crippen LogP contribution in [0.5, 0.6) is 0 Å². The molecule has 162 valence electrons. The maximum atomic E-state index is 12.9. The molecule has 0 aliphatic carbocycles. The highest BCUT2D eigenvalue weighted by molar-refractivity contribution is 7.99. The number of benzene rings is 1. The number of nitrogens with zero attached hydrogens (tertiary/aromatic N) is 4. The Bertz CT molecular complexity index is 1240. The lowest BCUT2D eigenvalue weighted by atomic mass is 10.1. The number of carbonyl (C=O) groups excluding carboxylic acids is 1. The van der Waals surface area contributed by atoms with Crippen molar-refractivity contribution in [2.75, 3.05) is 25.5 Å². The molecule has 0 atom stereocenters. The number of rotatable bonds is 5. The van der Waals surface area contributed by atoms with Gasteiger partial charge in [-0.1, -0.05) is 12.1 Å². The maximum absolute atomic E-state index is 12.9. The standard InChI is InChI=1S/C24H23N5O2S/c1-29-8-5-20(6-9-29)32-23-12-17(4-7-26-23)24(30)28-22-11-19-10-16(21-14-25-15-31-21)2-3-18(19)13-27-22/h2-4,7,10-15,20H,5-6,8-9H2,1H3,(H,27,28,30). The Kier molecular flexibility index (Phi) is 5.87. The summed E-state index contributed by atoms with van der Waals surface area (Å²) >= 11 is 1.76. The molecule has 4 heterocycles. The van der Waals surface area contributed by atoms with Gasteiger partial charge in [0, 0.05) is 34.2 Å². The molecule has 0 saturated carbocycles. The Balaban J connectivity index is 1.31. The van der Waals surface area contributed by atoms with Gasteiger partial charge in [-0.25, -0.2) is 15.0 Å². The van der Waals surface area contributed by atoms with Crippen molar-refractivity contribution < 1.29 is 9.21 Å². The third kappa shape index (κ3) is 4.66. The van der Waals surface area contributed by atoms with E-state index in [1.54, 1.807) is 36.4 Å². The molecule has 7 nitrogen and oxygen atoms in total. The molecule has 8 heteroatoms. The number of likely N-dealkylation sites (tertiary alicyclic amines) is 1. The Hall–Kier alpha value is -3.23. The van der Waals surface area contributed by atoms with Crippen LogP contribution < -0.4 is 5.32 Å². The third-order valence-electron chi connectivity index (χ3n) is 5.63. The number of nitrogens with one attached hydrogen (secondary N) is 1. The van der Waals surface area contributed by atoms with Crippen LogP contribution in [0.3, 0.4) is 0 Å². The molecule has 32 heavy (non-hydrogen) atoms. The summed E-state index contributed by atoms with van der Waals surface area (Å²) in [5, 5.41) is 6.27. The normalized spacial score (nSPS) is 15.2. The zero-order chi connectivity index (χ0) is 21.9. The van der Waals surface area contributed by atoms with Gasteiger partial charge < -0.3 is 14.6 Å². The van der Waals surface area contributed by atoms with Gasteiger partial charge in [0.05, 0.1) is 11.2 Å². The Morgan fingerprint density at radius 3 is 2.78 bits per heavy atom. The lowest BCUT2D eigenvalue weighted by Crippen LogP contribution is -2.31. The average Bonchev–Trinajstić information content (AvgIpc) is 3.35. The van der Waals surface area contributed by atoms with E-state index >= 15 is 0 Å². The van der Waals surface area contributed by atoms with E-state index in [-0.39, 0.29) is 5.91 Å². The Morgan fingerprint density at radius 1 is 1.09 bits per heavy atom. The second kappa shape index (κ2) is 9.10. The Morgan fingerprint density at radius 2 is 1.97 bits per heavy atom. The zero-order valence-corrected chi connectivity index (χ0v) is 18.5. The minimum absolute atomic E-state index is 0.198. The van der Waals surface area contributed by atoms with Gasteiger partial charge in [0.1, 0.15) is 5.82 Å². The molecule has 0 spiro atoms. The lowest BCUT2D eigenvalue weighted by Gasteiger charge is -2.28. The molecule has 1 saturated heterocycles. The fourth-order valence-electron chi connectivity index (χ4n) is 3.80. The van der Waals surface area contributed by atoms with Crippen molar-refractivity contribution in [3.63, 3.8) is 0 Å². The number of hydrogen-bond acceptors (Lipinski definition) is 7. The van der Waals surface area contributed by atoms with Crippen LogP contribution in [-0.4, -0.2) is 51.1 Å². The number of hydrogen-bond donors (Lipinski definition) is 1. The number of piperidine rings is 1. The summed E-state index contributed by atoms with van der Waals surface area (Å²) < 4.78 is 5.39. The summed E-state index contributed by atoms with van der Waals surface area (Å²) in [7, 11) is 2.15. The minimum atomic E-state index is -0.198. The molecule has 0 radical (unpaired) electrons. The van der Waals surface area contributed by atoms with Crippen molar-refractivity contribution in [2.45, 2.75) is 23.1 Å². The molecule has 3 aromatic heterocycles. The lowest BCUT2D eigenvalue weighted by molar-refractivity contribution is 0.102. The molecule has 1 fully saturated rings. The molecule has 1 aliphatic heterocycles. The second-order valence-corrected chi connectivity index (χ2v) is 9.28. The fraction of sp³-hybridized carbons (Fsp3) is 0.250. The predicted molar refractivity (Wildman–Crippen MR) is 126 cm³/mol. The van der Waals surface area contributed by atoms with Gasteiger partial charge in [-0.2, -0.15) is 0 Å². The van der Waals surface area contributed by atoms with E-state index in [1.165, 1.54) is 6.39 Å². The number of amides is 1. The van der Waals surface area contributed by atoms with Crippen LogP contribution in [0.2, 0.25) is 0 Å². The Labute approximate surface area is 190 Å². The van der Waals surface area contributed by atoms with Crippen molar-refractivity contribution in [3.8, 4) is 11.3 Å². The molecular weight excluding hydrogens is 422 g/mol. The number of pyridine rings is 2. The molecule has 1 amide bonds. The van der Waals surface area contributed by atoms with Crippen LogP contribution in [0.25, 0.3) is 22.1 Å². The van der Waals surface area contributed by atoms with Gasteiger partial charge >= 0.3 is 0 Å². The molecule has 1 N–H and O–H groups in total. The predicted octanol–water partition coefficient (Wildman–Crippen LogP) is 4.72. The van der Waals surface area contributed by atoms with E-state index < -0.39 is 0 Å². The van der Waals surface area contributed by atoms with E-state index in [0.717, 1.165) is 47.3 Å². The highest BCUT2D eigenvalue weighted by Gasteiger charge is 2.19. The van der Waals surface area contributed by atoms with E-state index in [4.69, 9.17) is 4.42 Å². The van der Waals surface area contributed by atoms with Gasteiger partial charge in [-0.15, -0.1) is 11.8 Å². The highest BCUT2D eigenvalue weighted by atomic mass is 32.2.